The van der Waals surface area contributed by atoms with Crippen molar-refractivity contribution in [1.29, 1.82) is 0 Å². The van der Waals surface area contributed by atoms with Gasteiger partial charge in [0.05, 0.1) is 12.2 Å². The first-order valence-corrected chi connectivity index (χ1v) is 6.85. The topological polar surface area (TPSA) is 49.3 Å². The second-order valence-corrected chi connectivity index (χ2v) is 5.91. The van der Waals surface area contributed by atoms with Crippen LogP contribution in [0.25, 0.3) is 0 Å². The van der Waals surface area contributed by atoms with Crippen molar-refractivity contribution in [3.63, 3.8) is 0 Å². The van der Waals surface area contributed by atoms with Gasteiger partial charge in [-0.1, -0.05) is 26.8 Å². The average Bonchev–Trinajstić information content (AvgIpc) is 2.78. The second kappa shape index (κ2) is 6.54. The fourth-order valence-corrected chi connectivity index (χ4v) is 2.25. The Labute approximate surface area is 113 Å². The molecule has 1 aromatic rings. The summed E-state index contributed by atoms with van der Waals surface area (Å²) in [6.45, 7) is 11.6. The van der Waals surface area contributed by atoms with Crippen LogP contribution in [0.5, 0.6) is 0 Å². The number of hydrogen-bond acceptors (Lipinski definition) is 3. The van der Waals surface area contributed by atoms with Crippen molar-refractivity contribution in [2.24, 2.45) is 4.99 Å². The third-order valence-corrected chi connectivity index (χ3v) is 3.21. The van der Waals surface area contributed by atoms with Crippen molar-refractivity contribution in [1.82, 2.24) is 15.6 Å². The first-order valence-electron chi connectivity index (χ1n) is 5.97. The highest BCUT2D eigenvalue weighted by Gasteiger charge is 2.17. The molecule has 0 saturated carbocycles. The Morgan fingerprint density at radius 1 is 1.50 bits per heavy atom. The zero-order valence-electron chi connectivity index (χ0n) is 11.6. The highest BCUT2D eigenvalue weighted by molar-refractivity contribution is 7.09. The summed E-state index contributed by atoms with van der Waals surface area (Å²) < 4.78 is 0. The van der Waals surface area contributed by atoms with E-state index in [-0.39, 0.29) is 5.41 Å². The molecule has 0 fully saturated rings. The standard InChI is InChI=1S/C13H22N4S/c1-6-7-15-12(14-5)16-8-11-17-10(9-18-11)13(2,3)4/h6,9H,1,7-8H2,2-5H3,(H2,14,15,16). The molecule has 0 amide bonds. The van der Waals surface area contributed by atoms with Crippen LogP contribution < -0.4 is 10.6 Å². The molecule has 1 aromatic heterocycles. The summed E-state index contributed by atoms with van der Waals surface area (Å²) in [6, 6.07) is 0. The Morgan fingerprint density at radius 2 is 2.22 bits per heavy atom. The van der Waals surface area contributed by atoms with E-state index in [4.69, 9.17) is 0 Å². The largest absolute Gasteiger partial charge is 0.353 e. The van der Waals surface area contributed by atoms with E-state index < -0.39 is 0 Å². The predicted octanol–water partition coefficient (Wildman–Crippen LogP) is 2.29. The zero-order valence-corrected chi connectivity index (χ0v) is 12.4. The molecule has 0 aliphatic carbocycles. The predicted molar refractivity (Wildman–Crippen MR) is 79.2 cm³/mol. The van der Waals surface area contributed by atoms with Crippen molar-refractivity contribution in [3.05, 3.63) is 28.7 Å². The maximum absolute atomic E-state index is 4.62. The number of guanidine groups is 1. The second-order valence-electron chi connectivity index (χ2n) is 4.97. The van der Waals surface area contributed by atoms with Gasteiger partial charge in [-0.3, -0.25) is 4.99 Å². The zero-order chi connectivity index (χ0) is 13.6. The van der Waals surface area contributed by atoms with Gasteiger partial charge in [-0.2, -0.15) is 0 Å². The molecule has 0 aliphatic rings. The summed E-state index contributed by atoms with van der Waals surface area (Å²) in [5.74, 6) is 0.766. The molecule has 18 heavy (non-hydrogen) atoms. The van der Waals surface area contributed by atoms with Gasteiger partial charge in [0.15, 0.2) is 5.96 Å². The van der Waals surface area contributed by atoms with Crippen molar-refractivity contribution < 1.29 is 0 Å². The molecular weight excluding hydrogens is 244 g/mol. The van der Waals surface area contributed by atoms with Gasteiger partial charge in [-0.05, 0) is 0 Å². The quantitative estimate of drug-likeness (QED) is 0.499. The van der Waals surface area contributed by atoms with Crippen LogP contribution in [0.1, 0.15) is 31.5 Å². The van der Waals surface area contributed by atoms with Crippen LogP contribution in [0, 0.1) is 0 Å². The number of aromatic nitrogens is 1. The van der Waals surface area contributed by atoms with Crippen LogP contribution in [0.3, 0.4) is 0 Å². The fourth-order valence-electron chi connectivity index (χ4n) is 1.29. The molecule has 0 bridgehead atoms. The van der Waals surface area contributed by atoms with Gasteiger partial charge in [-0.25, -0.2) is 4.98 Å². The molecule has 1 rings (SSSR count). The van der Waals surface area contributed by atoms with Crippen molar-refractivity contribution >= 4 is 17.3 Å². The van der Waals surface area contributed by atoms with Crippen molar-refractivity contribution in [2.75, 3.05) is 13.6 Å². The lowest BCUT2D eigenvalue weighted by atomic mass is 9.93. The first kappa shape index (κ1) is 14.7. The van der Waals surface area contributed by atoms with Crippen LogP contribution in [0.2, 0.25) is 0 Å². The minimum absolute atomic E-state index is 0.109. The van der Waals surface area contributed by atoms with Crippen LogP contribution >= 0.6 is 11.3 Å². The molecule has 0 spiro atoms. The van der Waals surface area contributed by atoms with E-state index in [1.165, 1.54) is 0 Å². The van der Waals surface area contributed by atoms with E-state index in [9.17, 15) is 0 Å². The van der Waals surface area contributed by atoms with E-state index in [0.717, 1.165) is 16.7 Å². The smallest absolute Gasteiger partial charge is 0.191 e. The maximum Gasteiger partial charge on any atom is 0.191 e. The summed E-state index contributed by atoms with van der Waals surface area (Å²) in [7, 11) is 1.75. The third kappa shape index (κ3) is 4.49. The molecule has 0 aliphatic heterocycles. The van der Waals surface area contributed by atoms with E-state index in [2.05, 4.69) is 53.3 Å². The normalized spacial score (nSPS) is 12.3. The molecule has 0 aromatic carbocycles. The maximum atomic E-state index is 4.62. The minimum atomic E-state index is 0.109. The lowest BCUT2D eigenvalue weighted by Gasteiger charge is -2.14. The fraction of sp³-hybridized carbons (Fsp3) is 0.538. The molecule has 5 heteroatoms. The molecule has 0 radical (unpaired) electrons. The Hall–Kier alpha value is -1.36. The van der Waals surface area contributed by atoms with Gasteiger partial charge in [0.25, 0.3) is 0 Å². The molecule has 0 unspecified atom stereocenters. The number of aliphatic imine (C=N–C) groups is 1. The van der Waals surface area contributed by atoms with E-state index in [1.807, 2.05) is 0 Å². The number of rotatable bonds is 4. The molecule has 2 N–H and O–H groups in total. The molecular formula is C13H22N4S. The summed E-state index contributed by atoms with van der Waals surface area (Å²) in [5.41, 5.74) is 1.25. The minimum Gasteiger partial charge on any atom is -0.353 e. The van der Waals surface area contributed by atoms with Gasteiger partial charge < -0.3 is 10.6 Å². The molecule has 0 saturated heterocycles. The van der Waals surface area contributed by atoms with Gasteiger partial charge >= 0.3 is 0 Å². The van der Waals surface area contributed by atoms with Crippen LogP contribution in [-0.2, 0) is 12.0 Å². The summed E-state index contributed by atoms with van der Waals surface area (Å²) in [6.07, 6.45) is 1.80. The number of nitrogens with one attached hydrogen (secondary N) is 2. The summed E-state index contributed by atoms with van der Waals surface area (Å²) in [5, 5.41) is 9.54. The molecule has 100 valence electrons. The monoisotopic (exact) mass is 266 g/mol. The molecule has 1 heterocycles. The summed E-state index contributed by atoms with van der Waals surface area (Å²) in [4.78, 5) is 8.74. The number of thiazole rings is 1. The van der Waals surface area contributed by atoms with E-state index in [1.54, 1.807) is 24.5 Å². The van der Waals surface area contributed by atoms with Gasteiger partial charge in [-0.15, -0.1) is 17.9 Å². The number of nitrogens with zero attached hydrogens (tertiary/aromatic N) is 2. The Bertz CT molecular complexity index is 415. The Kier molecular flexibility index (Phi) is 5.34. The average molecular weight is 266 g/mol. The van der Waals surface area contributed by atoms with Crippen molar-refractivity contribution in [3.8, 4) is 0 Å². The first-order chi connectivity index (χ1) is 8.47. The molecule has 4 nitrogen and oxygen atoms in total. The SMILES string of the molecule is C=CCNC(=NC)NCc1nc(C(C)(C)C)cs1. The van der Waals surface area contributed by atoms with E-state index >= 15 is 0 Å². The van der Waals surface area contributed by atoms with Crippen LogP contribution in [0.15, 0.2) is 23.0 Å². The van der Waals surface area contributed by atoms with Gasteiger partial charge in [0.1, 0.15) is 5.01 Å². The lowest BCUT2D eigenvalue weighted by Crippen LogP contribution is -2.36. The van der Waals surface area contributed by atoms with Crippen LogP contribution in [-0.4, -0.2) is 24.5 Å². The highest BCUT2D eigenvalue weighted by Crippen LogP contribution is 2.23. The Morgan fingerprint density at radius 3 is 2.72 bits per heavy atom. The lowest BCUT2D eigenvalue weighted by molar-refractivity contribution is 0.570. The van der Waals surface area contributed by atoms with Crippen molar-refractivity contribution in [2.45, 2.75) is 32.7 Å². The van der Waals surface area contributed by atoms with E-state index in [0.29, 0.717) is 13.1 Å². The highest BCUT2D eigenvalue weighted by atomic mass is 32.1. The third-order valence-electron chi connectivity index (χ3n) is 2.36. The van der Waals surface area contributed by atoms with Gasteiger partial charge in [0, 0.05) is 24.4 Å². The van der Waals surface area contributed by atoms with Crippen LogP contribution in [0.4, 0.5) is 0 Å². The molecule has 0 atom stereocenters. The number of hydrogen-bond donors (Lipinski definition) is 2. The van der Waals surface area contributed by atoms with Gasteiger partial charge in [0.2, 0.25) is 0 Å². The summed E-state index contributed by atoms with van der Waals surface area (Å²) >= 11 is 1.68. The Balaban J connectivity index is 2.53.